The first-order chi connectivity index (χ1) is 11.4. The molecule has 2 heterocycles. The van der Waals surface area contributed by atoms with Crippen molar-refractivity contribution in [3.63, 3.8) is 0 Å². The summed E-state index contributed by atoms with van der Waals surface area (Å²) in [4.78, 5) is 13.0. The molecule has 1 N–H and O–H groups in total. The lowest BCUT2D eigenvalue weighted by Gasteiger charge is -2.03. The fraction of sp³-hybridized carbons (Fsp3) is 0.133. The van der Waals surface area contributed by atoms with Gasteiger partial charge in [0.1, 0.15) is 0 Å². The Morgan fingerprint density at radius 3 is 2.58 bits per heavy atom. The fourth-order valence-corrected chi connectivity index (χ4v) is 3.25. The average molecular weight is 363 g/mol. The van der Waals surface area contributed by atoms with E-state index in [2.05, 4.69) is 15.5 Å². The highest BCUT2D eigenvalue weighted by atomic mass is 32.2. The van der Waals surface area contributed by atoms with Gasteiger partial charge in [-0.25, -0.2) is 8.42 Å². The van der Waals surface area contributed by atoms with Crippen LogP contribution in [0.5, 0.6) is 0 Å². The van der Waals surface area contributed by atoms with Gasteiger partial charge in [0.05, 0.1) is 16.2 Å². The van der Waals surface area contributed by atoms with Gasteiger partial charge in [0, 0.05) is 6.26 Å². The van der Waals surface area contributed by atoms with Crippen molar-refractivity contribution in [2.24, 2.45) is 0 Å². The van der Waals surface area contributed by atoms with Crippen LogP contribution in [0.4, 0.5) is 6.01 Å². The summed E-state index contributed by atoms with van der Waals surface area (Å²) in [5.41, 5.74) is 0.679. The Balaban J connectivity index is 1.64. The quantitative estimate of drug-likeness (QED) is 0.747. The summed E-state index contributed by atoms with van der Waals surface area (Å²) in [7, 11) is -3.25. The molecule has 24 heavy (non-hydrogen) atoms. The van der Waals surface area contributed by atoms with Crippen LogP contribution in [0.25, 0.3) is 10.8 Å². The number of sulfone groups is 1. The van der Waals surface area contributed by atoms with E-state index in [0.29, 0.717) is 11.5 Å². The smallest absolute Gasteiger partial charge is 0.322 e. The van der Waals surface area contributed by atoms with Gasteiger partial charge in [-0.3, -0.25) is 10.1 Å². The van der Waals surface area contributed by atoms with Gasteiger partial charge in [0.25, 0.3) is 5.89 Å². The zero-order chi connectivity index (χ0) is 17.2. The Kier molecular flexibility index (Phi) is 4.45. The predicted molar refractivity (Wildman–Crippen MR) is 89.5 cm³/mol. The number of carbonyl (C=O) groups excluding carboxylic acids is 1. The van der Waals surface area contributed by atoms with Crippen molar-refractivity contribution >= 4 is 33.1 Å². The maximum atomic E-state index is 12.0. The minimum atomic E-state index is -3.25. The molecule has 0 saturated heterocycles. The summed E-state index contributed by atoms with van der Waals surface area (Å²) in [5, 5.41) is 12.1. The zero-order valence-corrected chi connectivity index (χ0v) is 14.2. The second-order valence-electron chi connectivity index (χ2n) is 5.03. The van der Waals surface area contributed by atoms with Crippen LogP contribution >= 0.6 is 11.3 Å². The Hall–Kier alpha value is -2.52. The van der Waals surface area contributed by atoms with E-state index in [0.717, 1.165) is 11.1 Å². The first-order valence-electron chi connectivity index (χ1n) is 6.88. The van der Waals surface area contributed by atoms with E-state index >= 15 is 0 Å². The van der Waals surface area contributed by atoms with Crippen molar-refractivity contribution < 1.29 is 17.6 Å². The van der Waals surface area contributed by atoms with Crippen LogP contribution in [-0.2, 0) is 21.1 Å². The number of nitrogens with zero attached hydrogens (tertiary/aromatic N) is 2. The Bertz CT molecular complexity index is 945. The molecule has 0 saturated carbocycles. The van der Waals surface area contributed by atoms with Crippen molar-refractivity contribution in [1.29, 1.82) is 0 Å². The number of hydrogen-bond donors (Lipinski definition) is 1. The number of aromatic nitrogens is 2. The monoisotopic (exact) mass is 363 g/mol. The van der Waals surface area contributed by atoms with Crippen LogP contribution in [0.3, 0.4) is 0 Å². The third-order valence-electron chi connectivity index (χ3n) is 3.12. The third-order valence-corrected chi connectivity index (χ3v) is 5.11. The summed E-state index contributed by atoms with van der Waals surface area (Å²) >= 11 is 1.46. The second-order valence-corrected chi connectivity index (χ2v) is 7.99. The summed E-state index contributed by atoms with van der Waals surface area (Å²) in [6.07, 6.45) is 1.20. The first-order valence-corrected chi connectivity index (χ1v) is 9.65. The van der Waals surface area contributed by atoms with Gasteiger partial charge in [0.2, 0.25) is 5.91 Å². The molecule has 1 aromatic carbocycles. The number of anilines is 1. The number of benzene rings is 1. The fourth-order valence-electron chi connectivity index (χ4n) is 1.98. The zero-order valence-electron chi connectivity index (χ0n) is 12.6. The number of rotatable bonds is 5. The lowest BCUT2D eigenvalue weighted by Crippen LogP contribution is -2.14. The first kappa shape index (κ1) is 16.3. The summed E-state index contributed by atoms with van der Waals surface area (Å²) < 4.78 is 28.2. The van der Waals surface area contributed by atoms with E-state index in [9.17, 15) is 13.2 Å². The minimum absolute atomic E-state index is 0.0242. The maximum Gasteiger partial charge on any atom is 0.322 e. The molecule has 0 spiro atoms. The van der Waals surface area contributed by atoms with E-state index in [1.807, 2.05) is 17.5 Å². The van der Waals surface area contributed by atoms with Crippen molar-refractivity contribution in [2.45, 2.75) is 11.3 Å². The molecule has 3 rings (SSSR count). The molecule has 0 radical (unpaired) electrons. The number of carbonyl (C=O) groups is 1. The van der Waals surface area contributed by atoms with Gasteiger partial charge >= 0.3 is 6.01 Å². The molecule has 0 fully saturated rings. The third kappa shape index (κ3) is 3.87. The number of amides is 1. The molecule has 1 amide bonds. The minimum Gasteiger partial charge on any atom is -0.402 e. The molecule has 0 atom stereocenters. The number of hydrogen-bond acceptors (Lipinski definition) is 7. The molecule has 3 aromatic rings. The molecular weight excluding hydrogens is 350 g/mol. The topological polar surface area (TPSA) is 102 Å². The highest BCUT2D eigenvalue weighted by Gasteiger charge is 2.13. The summed E-state index contributed by atoms with van der Waals surface area (Å²) in [5.74, 6) is 0.0151. The van der Waals surface area contributed by atoms with Gasteiger partial charge in [0.15, 0.2) is 9.84 Å². The van der Waals surface area contributed by atoms with E-state index < -0.39 is 9.84 Å². The van der Waals surface area contributed by atoms with Gasteiger partial charge in [-0.1, -0.05) is 23.3 Å². The number of nitrogens with one attached hydrogen (secondary N) is 1. The van der Waals surface area contributed by atoms with E-state index in [1.165, 1.54) is 23.5 Å². The predicted octanol–water partition coefficient (Wildman–Crippen LogP) is 2.38. The standard InChI is InChI=1S/C15H13N3O4S2/c1-24(20,21)11-6-4-10(5-7-11)9-13(19)16-15-18-17-14(22-15)12-3-2-8-23-12/h2-8H,9H2,1H3,(H,16,18,19). The van der Waals surface area contributed by atoms with Gasteiger partial charge in [-0.15, -0.1) is 16.4 Å². The number of thiophene rings is 1. The van der Waals surface area contributed by atoms with E-state index in [1.54, 1.807) is 12.1 Å². The molecule has 0 unspecified atom stereocenters. The van der Waals surface area contributed by atoms with E-state index in [4.69, 9.17) is 4.42 Å². The van der Waals surface area contributed by atoms with Crippen molar-refractivity contribution in [3.05, 3.63) is 47.3 Å². The Labute approximate surface area is 142 Å². The molecule has 0 aliphatic rings. The molecule has 9 heteroatoms. The van der Waals surface area contributed by atoms with Crippen molar-refractivity contribution in [2.75, 3.05) is 11.6 Å². The van der Waals surface area contributed by atoms with Crippen LogP contribution in [0.2, 0.25) is 0 Å². The largest absolute Gasteiger partial charge is 0.402 e. The molecule has 0 aliphatic heterocycles. The van der Waals surface area contributed by atoms with Gasteiger partial charge in [-0.05, 0) is 29.1 Å². The van der Waals surface area contributed by atoms with Gasteiger partial charge in [-0.2, -0.15) is 0 Å². The Morgan fingerprint density at radius 1 is 1.21 bits per heavy atom. The van der Waals surface area contributed by atoms with Crippen molar-refractivity contribution in [3.8, 4) is 10.8 Å². The van der Waals surface area contributed by atoms with Crippen molar-refractivity contribution in [1.82, 2.24) is 10.2 Å². The molecule has 0 bridgehead atoms. The maximum absolute atomic E-state index is 12.0. The van der Waals surface area contributed by atoms with Gasteiger partial charge < -0.3 is 4.42 Å². The molecule has 2 aromatic heterocycles. The highest BCUT2D eigenvalue weighted by Crippen LogP contribution is 2.24. The van der Waals surface area contributed by atoms with Crippen LogP contribution in [-0.4, -0.2) is 30.8 Å². The van der Waals surface area contributed by atoms with Crippen LogP contribution in [0.1, 0.15) is 5.56 Å². The second kappa shape index (κ2) is 6.54. The lowest BCUT2D eigenvalue weighted by atomic mass is 10.1. The average Bonchev–Trinajstić information content (AvgIpc) is 3.17. The van der Waals surface area contributed by atoms with Crippen LogP contribution in [0.15, 0.2) is 51.1 Å². The molecule has 7 nitrogen and oxygen atoms in total. The summed E-state index contributed by atoms with van der Waals surface area (Å²) in [6.45, 7) is 0. The summed E-state index contributed by atoms with van der Waals surface area (Å²) in [6, 6.07) is 9.87. The normalized spacial score (nSPS) is 11.4. The molecule has 0 aliphatic carbocycles. The Morgan fingerprint density at radius 2 is 1.96 bits per heavy atom. The van der Waals surface area contributed by atoms with E-state index in [-0.39, 0.29) is 23.2 Å². The SMILES string of the molecule is CS(=O)(=O)c1ccc(CC(=O)Nc2nnc(-c3cccs3)o2)cc1. The molecular formula is C15H13N3O4S2. The van der Waals surface area contributed by atoms with Crippen LogP contribution in [0, 0.1) is 0 Å². The molecule has 124 valence electrons. The van der Waals surface area contributed by atoms with Crippen LogP contribution < -0.4 is 5.32 Å². The highest BCUT2D eigenvalue weighted by molar-refractivity contribution is 7.90. The lowest BCUT2D eigenvalue weighted by molar-refractivity contribution is -0.115.